The predicted molar refractivity (Wildman–Crippen MR) is 119 cm³/mol. The number of benzene rings is 2. The molecule has 3 rings (SSSR count). The molecule has 0 spiro atoms. The average Bonchev–Trinajstić information content (AvgIpc) is 3.23. The number of fused-ring (bicyclic) bond motifs is 1. The third kappa shape index (κ3) is 4.69. The highest BCUT2D eigenvalue weighted by atomic mass is 16.5. The van der Waals surface area contributed by atoms with E-state index in [2.05, 4.69) is 5.32 Å². The normalized spacial score (nSPS) is 13.4. The maximum atomic E-state index is 13.4. The van der Waals surface area contributed by atoms with Crippen molar-refractivity contribution in [2.75, 3.05) is 32.8 Å². The molecule has 1 aliphatic heterocycles. The highest BCUT2D eigenvalue weighted by Gasteiger charge is 2.33. The molecule has 2 aromatic carbocycles. The summed E-state index contributed by atoms with van der Waals surface area (Å²) in [5.74, 6) is -0.188. The number of nitrogens with zero attached hydrogens (tertiary/aromatic N) is 1. The van der Waals surface area contributed by atoms with Crippen molar-refractivity contribution in [3.8, 4) is 11.5 Å². The Morgan fingerprint density at radius 2 is 1.59 bits per heavy atom. The molecule has 8 heteroatoms. The zero-order valence-electron chi connectivity index (χ0n) is 18.9. The van der Waals surface area contributed by atoms with Crippen LogP contribution in [0, 0.1) is 5.92 Å². The van der Waals surface area contributed by atoms with Crippen LogP contribution in [0.5, 0.6) is 11.5 Å². The second-order valence-corrected chi connectivity index (χ2v) is 7.87. The number of amides is 2. The SMILES string of the molecule is COC(=O)c1ccc2c(c1)CCN2C(=O)[C@@H](NC(=O)c1cc(OC)cc(OC)c1)C(C)C. The zero-order valence-corrected chi connectivity index (χ0v) is 18.9. The van der Waals surface area contributed by atoms with E-state index in [0.717, 1.165) is 11.3 Å². The lowest BCUT2D eigenvalue weighted by Crippen LogP contribution is -2.51. The quantitative estimate of drug-likeness (QED) is 0.666. The summed E-state index contributed by atoms with van der Waals surface area (Å²) < 4.78 is 15.2. The topological polar surface area (TPSA) is 94.2 Å². The van der Waals surface area contributed by atoms with Gasteiger partial charge < -0.3 is 24.4 Å². The van der Waals surface area contributed by atoms with Crippen LogP contribution in [0.25, 0.3) is 0 Å². The van der Waals surface area contributed by atoms with Crippen LogP contribution >= 0.6 is 0 Å². The number of esters is 1. The predicted octanol–water partition coefficient (Wildman–Crippen LogP) is 2.83. The second-order valence-electron chi connectivity index (χ2n) is 7.87. The molecule has 0 saturated heterocycles. The average molecular weight is 440 g/mol. The summed E-state index contributed by atoms with van der Waals surface area (Å²) in [6.07, 6.45) is 0.623. The van der Waals surface area contributed by atoms with Crippen molar-refractivity contribution in [1.82, 2.24) is 5.32 Å². The summed E-state index contributed by atoms with van der Waals surface area (Å²) >= 11 is 0. The van der Waals surface area contributed by atoms with E-state index in [9.17, 15) is 14.4 Å². The number of hydrogen-bond acceptors (Lipinski definition) is 6. The molecule has 0 bridgehead atoms. The molecule has 0 saturated carbocycles. The minimum absolute atomic E-state index is 0.141. The molecule has 170 valence electrons. The Morgan fingerprint density at radius 1 is 0.938 bits per heavy atom. The first kappa shape index (κ1) is 23.1. The highest BCUT2D eigenvalue weighted by molar-refractivity contribution is 6.04. The van der Waals surface area contributed by atoms with Gasteiger partial charge in [0.2, 0.25) is 5.91 Å². The van der Waals surface area contributed by atoms with Gasteiger partial charge in [0.25, 0.3) is 5.91 Å². The molecule has 1 N–H and O–H groups in total. The van der Waals surface area contributed by atoms with E-state index >= 15 is 0 Å². The fourth-order valence-corrected chi connectivity index (χ4v) is 3.72. The van der Waals surface area contributed by atoms with E-state index < -0.39 is 17.9 Å². The Balaban J connectivity index is 1.82. The van der Waals surface area contributed by atoms with E-state index in [4.69, 9.17) is 14.2 Å². The number of rotatable bonds is 7. The van der Waals surface area contributed by atoms with Gasteiger partial charge in [0.15, 0.2) is 0 Å². The minimum atomic E-state index is -0.731. The van der Waals surface area contributed by atoms with Crippen LogP contribution in [0.15, 0.2) is 36.4 Å². The van der Waals surface area contributed by atoms with Gasteiger partial charge in [-0.2, -0.15) is 0 Å². The van der Waals surface area contributed by atoms with Gasteiger partial charge in [-0.05, 0) is 48.2 Å². The third-order valence-electron chi connectivity index (χ3n) is 5.50. The zero-order chi connectivity index (χ0) is 23.4. The maximum Gasteiger partial charge on any atom is 0.337 e. The van der Waals surface area contributed by atoms with Gasteiger partial charge in [0.05, 0.1) is 26.9 Å². The van der Waals surface area contributed by atoms with Crippen LogP contribution < -0.4 is 19.7 Å². The molecule has 0 unspecified atom stereocenters. The van der Waals surface area contributed by atoms with Crippen LogP contribution in [-0.4, -0.2) is 51.7 Å². The molecule has 32 heavy (non-hydrogen) atoms. The standard InChI is InChI=1S/C24H28N2O6/c1-14(2)21(25-22(27)17-11-18(30-3)13-19(12-17)31-4)23(28)26-9-8-15-10-16(24(29)32-5)6-7-20(15)26/h6-7,10-14,21H,8-9H2,1-5H3,(H,25,27)/t21-/m0/s1. The summed E-state index contributed by atoms with van der Waals surface area (Å²) in [5, 5.41) is 2.87. The second kappa shape index (κ2) is 9.72. The molecule has 0 aromatic heterocycles. The summed E-state index contributed by atoms with van der Waals surface area (Å²) in [6, 6.07) is 9.27. The first-order valence-corrected chi connectivity index (χ1v) is 10.4. The summed E-state index contributed by atoms with van der Waals surface area (Å²) in [5.41, 5.74) is 2.42. The number of carbonyl (C=O) groups excluding carboxylic acids is 3. The summed E-state index contributed by atoms with van der Waals surface area (Å²) in [7, 11) is 4.35. The van der Waals surface area contributed by atoms with E-state index in [0.29, 0.717) is 35.6 Å². The van der Waals surface area contributed by atoms with E-state index in [-0.39, 0.29) is 11.8 Å². The fourth-order valence-electron chi connectivity index (χ4n) is 3.72. The summed E-state index contributed by atoms with van der Waals surface area (Å²) in [4.78, 5) is 39.8. The molecule has 2 aromatic rings. The van der Waals surface area contributed by atoms with Crippen LogP contribution in [-0.2, 0) is 16.0 Å². The van der Waals surface area contributed by atoms with Gasteiger partial charge in [-0.25, -0.2) is 4.79 Å². The number of ether oxygens (including phenoxy) is 3. The van der Waals surface area contributed by atoms with Crippen molar-refractivity contribution in [2.24, 2.45) is 5.92 Å². The number of anilines is 1. The highest BCUT2D eigenvalue weighted by Crippen LogP contribution is 2.30. The Bertz CT molecular complexity index is 1010. The van der Waals surface area contributed by atoms with E-state index in [1.54, 1.807) is 41.3 Å². The monoisotopic (exact) mass is 440 g/mol. The molecule has 0 fully saturated rings. The van der Waals surface area contributed by atoms with Crippen molar-refractivity contribution in [2.45, 2.75) is 26.3 Å². The van der Waals surface area contributed by atoms with Gasteiger partial charge >= 0.3 is 5.97 Å². The van der Waals surface area contributed by atoms with Gasteiger partial charge in [-0.1, -0.05) is 13.8 Å². The minimum Gasteiger partial charge on any atom is -0.497 e. The van der Waals surface area contributed by atoms with Gasteiger partial charge in [-0.15, -0.1) is 0 Å². The molecule has 0 aliphatic carbocycles. The fraction of sp³-hybridized carbons (Fsp3) is 0.375. The summed E-state index contributed by atoms with van der Waals surface area (Å²) in [6.45, 7) is 4.24. The lowest BCUT2D eigenvalue weighted by molar-refractivity contribution is -0.121. The van der Waals surface area contributed by atoms with Gasteiger partial charge in [0.1, 0.15) is 17.5 Å². The molecule has 1 heterocycles. The Kier molecular flexibility index (Phi) is 7.02. The van der Waals surface area contributed by atoms with Crippen LogP contribution in [0.2, 0.25) is 0 Å². The van der Waals surface area contributed by atoms with E-state index in [1.807, 2.05) is 13.8 Å². The van der Waals surface area contributed by atoms with Crippen LogP contribution in [0.3, 0.4) is 0 Å². The van der Waals surface area contributed by atoms with E-state index in [1.165, 1.54) is 21.3 Å². The Hall–Kier alpha value is -3.55. The van der Waals surface area contributed by atoms with Crippen molar-refractivity contribution in [3.05, 3.63) is 53.1 Å². The Labute approximate surface area is 187 Å². The lowest BCUT2D eigenvalue weighted by atomic mass is 10.0. The number of methoxy groups -OCH3 is 3. The Morgan fingerprint density at radius 3 is 2.16 bits per heavy atom. The first-order valence-electron chi connectivity index (χ1n) is 10.4. The molecule has 1 atom stereocenters. The van der Waals surface area contributed by atoms with Crippen molar-refractivity contribution >= 4 is 23.5 Å². The van der Waals surface area contributed by atoms with Crippen LogP contribution in [0.4, 0.5) is 5.69 Å². The van der Waals surface area contributed by atoms with Gasteiger partial charge in [0, 0.05) is 23.9 Å². The van der Waals surface area contributed by atoms with Crippen molar-refractivity contribution < 1.29 is 28.6 Å². The smallest absolute Gasteiger partial charge is 0.337 e. The van der Waals surface area contributed by atoms with Crippen molar-refractivity contribution in [1.29, 1.82) is 0 Å². The number of hydrogen-bond donors (Lipinski definition) is 1. The van der Waals surface area contributed by atoms with Gasteiger partial charge in [-0.3, -0.25) is 9.59 Å². The third-order valence-corrected chi connectivity index (χ3v) is 5.50. The molecular weight excluding hydrogens is 412 g/mol. The van der Waals surface area contributed by atoms with Crippen LogP contribution in [0.1, 0.15) is 40.1 Å². The maximum absolute atomic E-state index is 13.4. The molecule has 8 nitrogen and oxygen atoms in total. The lowest BCUT2D eigenvalue weighted by Gasteiger charge is -2.27. The van der Waals surface area contributed by atoms with Crippen molar-refractivity contribution in [3.63, 3.8) is 0 Å². The first-order chi connectivity index (χ1) is 15.3. The molecular formula is C24H28N2O6. The number of carbonyl (C=O) groups is 3. The largest absolute Gasteiger partial charge is 0.497 e. The molecule has 1 aliphatic rings. The molecule has 2 amide bonds. The number of nitrogens with one attached hydrogen (secondary N) is 1. The molecule has 0 radical (unpaired) electrons.